The van der Waals surface area contributed by atoms with Gasteiger partial charge < -0.3 is 20.5 Å². The molecule has 1 aliphatic carbocycles. The summed E-state index contributed by atoms with van der Waals surface area (Å²) in [4.78, 5) is 25.9. The number of ketones is 1. The third-order valence-corrected chi connectivity index (χ3v) is 5.36. The topological polar surface area (TPSA) is 87.7 Å². The molecule has 6 heteroatoms. The van der Waals surface area contributed by atoms with Crippen molar-refractivity contribution < 1.29 is 19.4 Å². The van der Waals surface area contributed by atoms with Crippen molar-refractivity contribution in [2.45, 2.75) is 38.0 Å². The zero-order chi connectivity index (χ0) is 19.4. The number of ether oxygens (including phenoxy) is 1. The Kier molecular flexibility index (Phi) is 3.78. The van der Waals surface area contributed by atoms with Crippen molar-refractivity contribution >= 4 is 11.8 Å². The number of Topliss-reactive ketones (excluding diaryl/α,β-unsaturated/α-hetero) is 1. The smallest absolute Gasteiger partial charge is 0.316 e. The van der Waals surface area contributed by atoms with Crippen LogP contribution in [0.4, 0.5) is 4.79 Å². The van der Waals surface area contributed by atoms with Gasteiger partial charge in [-0.05, 0) is 24.5 Å². The summed E-state index contributed by atoms with van der Waals surface area (Å²) in [6, 6.07) is 11.7. The summed E-state index contributed by atoms with van der Waals surface area (Å²) in [5.74, 6) is -1.72. The van der Waals surface area contributed by atoms with Crippen LogP contribution in [-0.2, 0) is 11.3 Å². The molecule has 2 aromatic carbocycles. The molecule has 4 rings (SSSR count). The summed E-state index contributed by atoms with van der Waals surface area (Å²) >= 11 is 0. The number of aliphatic hydroxyl groups is 1. The SMILES string of the molecule is CCNC(=O)N[C@@]12C(=O)c3ccccc3[C@]1(O)Oc1cc(C(C)C)ccc12. The fourth-order valence-electron chi connectivity index (χ4n) is 4.01. The molecule has 0 saturated carbocycles. The van der Waals surface area contributed by atoms with E-state index in [-0.39, 0.29) is 11.7 Å². The molecule has 2 atom stereocenters. The fourth-order valence-corrected chi connectivity index (χ4v) is 4.01. The molecule has 0 radical (unpaired) electrons. The van der Waals surface area contributed by atoms with E-state index in [2.05, 4.69) is 24.5 Å². The van der Waals surface area contributed by atoms with Gasteiger partial charge in [0.15, 0.2) is 0 Å². The number of fused-ring (bicyclic) bond motifs is 5. The molecule has 1 heterocycles. The van der Waals surface area contributed by atoms with Crippen molar-refractivity contribution in [3.63, 3.8) is 0 Å². The number of amides is 2. The largest absolute Gasteiger partial charge is 0.454 e. The average molecular weight is 366 g/mol. The number of hydrogen-bond acceptors (Lipinski definition) is 4. The molecule has 3 N–H and O–H groups in total. The molecule has 2 aliphatic rings. The molecule has 0 saturated heterocycles. The van der Waals surface area contributed by atoms with Crippen LogP contribution in [0.1, 0.15) is 53.7 Å². The van der Waals surface area contributed by atoms with Gasteiger partial charge in [-0.3, -0.25) is 4.79 Å². The van der Waals surface area contributed by atoms with Crippen molar-refractivity contribution in [1.29, 1.82) is 0 Å². The first-order chi connectivity index (χ1) is 12.8. The lowest BCUT2D eigenvalue weighted by Crippen LogP contribution is -2.61. The zero-order valence-electron chi connectivity index (χ0n) is 15.5. The Balaban J connectivity index is 1.95. The Hall–Kier alpha value is -2.86. The number of carbonyl (C=O) groups excluding carboxylic acids is 2. The average Bonchev–Trinajstić information content (AvgIpc) is 2.99. The lowest BCUT2D eigenvalue weighted by Gasteiger charge is -2.34. The monoisotopic (exact) mass is 366 g/mol. The number of urea groups is 1. The van der Waals surface area contributed by atoms with E-state index in [4.69, 9.17) is 4.74 Å². The predicted octanol–water partition coefficient (Wildman–Crippen LogP) is 2.76. The Morgan fingerprint density at radius 2 is 1.93 bits per heavy atom. The maximum atomic E-state index is 13.4. The molecule has 0 unspecified atom stereocenters. The maximum Gasteiger partial charge on any atom is 0.316 e. The van der Waals surface area contributed by atoms with Gasteiger partial charge in [0.2, 0.25) is 11.3 Å². The minimum atomic E-state index is -2.00. The molecule has 140 valence electrons. The normalized spacial score (nSPS) is 24.9. The molecule has 0 spiro atoms. The highest BCUT2D eigenvalue weighted by Crippen LogP contribution is 2.58. The van der Waals surface area contributed by atoms with E-state index in [1.165, 1.54) is 0 Å². The van der Waals surface area contributed by atoms with Crippen molar-refractivity contribution in [1.82, 2.24) is 10.6 Å². The van der Waals surface area contributed by atoms with Crippen molar-refractivity contribution in [2.75, 3.05) is 6.54 Å². The third kappa shape index (κ3) is 2.16. The number of benzene rings is 2. The number of carbonyl (C=O) groups is 2. The van der Waals surface area contributed by atoms with Crippen molar-refractivity contribution in [3.8, 4) is 5.75 Å². The van der Waals surface area contributed by atoms with Crippen LogP contribution < -0.4 is 15.4 Å². The van der Waals surface area contributed by atoms with Gasteiger partial charge in [-0.15, -0.1) is 0 Å². The molecular weight excluding hydrogens is 344 g/mol. The van der Waals surface area contributed by atoms with E-state index < -0.39 is 17.4 Å². The van der Waals surface area contributed by atoms with Crippen molar-refractivity contribution in [2.24, 2.45) is 0 Å². The van der Waals surface area contributed by atoms with Crippen LogP contribution in [0.25, 0.3) is 0 Å². The van der Waals surface area contributed by atoms with Gasteiger partial charge in [0.05, 0.1) is 0 Å². The lowest BCUT2D eigenvalue weighted by molar-refractivity contribution is -0.168. The van der Waals surface area contributed by atoms with Crippen LogP contribution in [-0.4, -0.2) is 23.5 Å². The van der Waals surface area contributed by atoms with Gasteiger partial charge in [-0.2, -0.15) is 0 Å². The van der Waals surface area contributed by atoms with E-state index in [1.54, 1.807) is 37.3 Å². The highest BCUT2D eigenvalue weighted by molar-refractivity contribution is 6.12. The second-order valence-corrected chi connectivity index (χ2v) is 7.27. The van der Waals surface area contributed by atoms with E-state index in [0.717, 1.165) is 5.56 Å². The number of hydrogen-bond donors (Lipinski definition) is 3. The first-order valence-corrected chi connectivity index (χ1v) is 9.11. The molecule has 0 fully saturated rings. The third-order valence-electron chi connectivity index (χ3n) is 5.36. The van der Waals surface area contributed by atoms with Gasteiger partial charge >= 0.3 is 6.03 Å². The summed E-state index contributed by atoms with van der Waals surface area (Å²) in [5, 5.41) is 16.9. The summed E-state index contributed by atoms with van der Waals surface area (Å²) < 4.78 is 5.98. The summed E-state index contributed by atoms with van der Waals surface area (Å²) in [7, 11) is 0. The van der Waals surface area contributed by atoms with E-state index in [0.29, 0.717) is 29.0 Å². The first kappa shape index (κ1) is 17.5. The quantitative estimate of drug-likeness (QED) is 0.779. The minimum absolute atomic E-state index is 0.254. The molecule has 6 nitrogen and oxygen atoms in total. The molecule has 0 bridgehead atoms. The minimum Gasteiger partial charge on any atom is -0.454 e. The van der Waals surface area contributed by atoms with Crippen LogP contribution in [0.3, 0.4) is 0 Å². The van der Waals surface area contributed by atoms with Crippen molar-refractivity contribution in [3.05, 3.63) is 64.7 Å². The Morgan fingerprint density at radius 1 is 1.19 bits per heavy atom. The summed E-state index contributed by atoms with van der Waals surface area (Å²) in [6.07, 6.45) is 0. The number of nitrogens with one attached hydrogen (secondary N) is 2. The van der Waals surface area contributed by atoms with E-state index >= 15 is 0 Å². The molecule has 27 heavy (non-hydrogen) atoms. The summed E-state index contributed by atoms with van der Waals surface area (Å²) in [5.41, 5.74) is 0.457. The van der Waals surface area contributed by atoms with Crippen LogP contribution in [0.15, 0.2) is 42.5 Å². The molecular formula is C21H22N2O4. The predicted molar refractivity (Wildman–Crippen MR) is 99.7 cm³/mol. The highest BCUT2D eigenvalue weighted by Gasteiger charge is 2.71. The van der Waals surface area contributed by atoms with Gasteiger partial charge in [0.1, 0.15) is 5.75 Å². The standard InChI is InChI=1S/C21H22N2O4/c1-4-22-19(25)23-20-16-10-9-13(12(2)3)11-17(16)27-21(20,26)15-8-6-5-7-14(15)18(20)24/h5-12,26H,4H2,1-3H3,(H2,22,23,25)/t20-,21-/m0/s1. The maximum absolute atomic E-state index is 13.4. The van der Waals surface area contributed by atoms with Crippen LogP contribution in [0, 0.1) is 0 Å². The lowest BCUT2D eigenvalue weighted by atomic mass is 9.82. The first-order valence-electron chi connectivity index (χ1n) is 9.11. The second kappa shape index (κ2) is 5.82. The van der Waals surface area contributed by atoms with Gasteiger partial charge in [-0.25, -0.2) is 4.79 Å². The summed E-state index contributed by atoms with van der Waals surface area (Å²) in [6.45, 7) is 6.27. The Bertz CT molecular complexity index is 955. The van der Waals surface area contributed by atoms with Gasteiger partial charge in [0.25, 0.3) is 5.79 Å². The van der Waals surface area contributed by atoms with Gasteiger partial charge in [0, 0.05) is 23.2 Å². The molecule has 0 aromatic heterocycles. The Morgan fingerprint density at radius 3 is 2.63 bits per heavy atom. The van der Waals surface area contributed by atoms with E-state index in [9.17, 15) is 14.7 Å². The Labute approximate surface area is 157 Å². The zero-order valence-corrected chi connectivity index (χ0v) is 15.5. The molecule has 2 amide bonds. The second-order valence-electron chi connectivity index (χ2n) is 7.27. The number of rotatable bonds is 3. The molecule has 1 aliphatic heterocycles. The van der Waals surface area contributed by atoms with Crippen LogP contribution in [0.2, 0.25) is 0 Å². The van der Waals surface area contributed by atoms with Crippen LogP contribution >= 0.6 is 0 Å². The fraction of sp³-hybridized carbons (Fsp3) is 0.333. The van der Waals surface area contributed by atoms with Crippen LogP contribution in [0.5, 0.6) is 5.75 Å². The van der Waals surface area contributed by atoms with E-state index in [1.807, 2.05) is 12.1 Å². The highest BCUT2D eigenvalue weighted by atomic mass is 16.6. The molecule has 2 aromatic rings. The van der Waals surface area contributed by atoms with Gasteiger partial charge in [-0.1, -0.05) is 50.2 Å².